The summed E-state index contributed by atoms with van der Waals surface area (Å²) in [6.07, 6.45) is 0. The van der Waals surface area contributed by atoms with Crippen molar-refractivity contribution < 1.29 is 19.1 Å². The van der Waals surface area contributed by atoms with Crippen LogP contribution in [-0.4, -0.2) is 41.0 Å². The van der Waals surface area contributed by atoms with Gasteiger partial charge in [0.2, 0.25) is 5.91 Å². The van der Waals surface area contributed by atoms with Crippen LogP contribution in [0.4, 0.5) is 17.2 Å². The zero-order valence-electron chi connectivity index (χ0n) is 16.2. The topological polar surface area (TPSA) is 133 Å². The molecule has 0 unspecified atom stereocenters. The first kappa shape index (κ1) is 21.1. The summed E-state index contributed by atoms with van der Waals surface area (Å²) in [7, 11) is 3.02. The lowest BCUT2D eigenvalue weighted by Gasteiger charge is -2.11. The molecule has 0 atom stereocenters. The summed E-state index contributed by atoms with van der Waals surface area (Å²) in [6, 6.07) is 12.0. The first-order valence-corrected chi connectivity index (χ1v) is 9.48. The van der Waals surface area contributed by atoms with E-state index in [-0.39, 0.29) is 18.1 Å². The molecule has 3 aromatic rings. The fraction of sp³-hybridized carbons (Fsp3) is 0.158. The normalized spacial score (nSPS) is 10.4. The van der Waals surface area contributed by atoms with E-state index in [2.05, 4.69) is 36.9 Å². The summed E-state index contributed by atoms with van der Waals surface area (Å²) in [5.74, 6) is 0.0466. The lowest BCUT2D eigenvalue weighted by Crippen LogP contribution is -2.21. The second kappa shape index (κ2) is 9.27. The standard InChI is InChI=1S/C19H19BrN6O4/c1-29-13-7-8-14(15(9-13)30-2)23-16(27)10-26-18(21)17(24-25-26)19(28)22-12-5-3-11(20)4-6-12/h3-9H,10,21H2,1-2H3,(H,22,28)(H,23,27). The van der Waals surface area contributed by atoms with E-state index in [9.17, 15) is 9.59 Å². The van der Waals surface area contributed by atoms with Gasteiger partial charge in [-0.1, -0.05) is 21.1 Å². The fourth-order valence-corrected chi connectivity index (χ4v) is 2.81. The summed E-state index contributed by atoms with van der Waals surface area (Å²) in [4.78, 5) is 24.8. The van der Waals surface area contributed by atoms with Gasteiger partial charge in [0, 0.05) is 16.2 Å². The predicted molar refractivity (Wildman–Crippen MR) is 115 cm³/mol. The molecule has 0 saturated carbocycles. The SMILES string of the molecule is COc1ccc(NC(=O)Cn2nnc(C(=O)Nc3ccc(Br)cc3)c2N)c(OC)c1. The highest BCUT2D eigenvalue weighted by molar-refractivity contribution is 9.10. The molecule has 4 N–H and O–H groups in total. The second-order valence-electron chi connectivity index (χ2n) is 6.06. The molecule has 1 heterocycles. The van der Waals surface area contributed by atoms with Gasteiger partial charge in [-0.25, -0.2) is 4.68 Å². The molecule has 10 nitrogen and oxygen atoms in total. The number of amides is 2. The highest BCUT2D eigenvalue weighted by Gasteiger charge is 2.19. The van der Waals surface area contributed by atoms with Crippen molar-refractivity contribution in [2.75, 3.05) is 30.6 Å². The van der Waals surface area contributed by atoms with Crippen LogP contribution in [-0.2, 0) is 11.3 Å². The molecule has 11 heteroatoms. The minimum atomic E-state index is -0.529. The van der Waals surface area contributed by atoms with E-state index in [0.29, 0.717) is 22.9 Å². The van der Waals surface area contributed by atoms with Crippen LogP contribution in [0, 0.1) is 0 Å². The second-order valence-corrected chi connectivity index (χ2v) is 6.97. The zero-order chi connectivity index (χ0) is 21.7. The Balaban J connectivity index is 1.68. The highest BCUT2D eigenvalue weighted by Crippen LogP contribution is 2.29. The van der Waals surface area contributed by atoms with Gasteiger partial charge in [0.25, 0.3) is 5.91 Å². The van der Waals surface area contributed by atoms with Crippen LogP contribution in [0.25, 0.3) is 0 Å². The van der Waals surface area contributed by atoms with E-state index in [1.165, 1.54) is 14.2 Å². The predicted octanol–water partition coefficient (Wildman–Crippen LogP) is 2.53. The maximum atomic E-state index is 12.4. The average Bonchev–Trinajstić information content (AvgIpc) is 3.10. The first-order valence-electron chi connectivity index (χ1n) is 8.69. The lowest BCUT2D eigenvalue weighted by molar-refractivity contribution is -0.116. The Bertz CT molecular complexity index is 1070. The Morgan fingerprint density at radius 2 is 1.83 bits per heavy atom. The van der Waals surface area contributed by atoms with Gasteiger partial charge in [-0.3, -0.25) is 9.59 Å². The Morgan fingerprint density at radius 1 is 1.10 bits per heavy atom. The van der Waals surface area contributed by atoms with Crippen molar-refractivity contribution in [3.8, 4) is 11.5 Å². The number of methoxy groups -OCH3 is 2. The van der Waals surface area contributed by atoms with Gasteiger partial charge in [0.1, 0.15) is 18.0 Å². The van der Waals surface area contributed by atoms with Crippen LogP contribution in [0.5, 0.6) is 11.5 Å². The molecule has 3 rings (SSSR count). The van der Waals surface area contributed by atoms with Crippen molar-refractivity contribution in [1.82, 2.24) is 15.0 Å². The number of benzene rings is 2. The van der Waals surface area contributed by atoms with Crippen molar-refractivity contribution >= 4 is 44.9 Å². The number of carbonyl (C=O) groups excluding carboxylic acids is 2. The third kappa shape index (κ3) is 4.87. The van der Waals surface area contributed by atoms with Gasteiger partial charge in [-0.05, 0) is 36.4 Å². The van der Waals surface area contributed by atoms with Gasteiger partial charge < -0.3 is 25.8 Å². The molecule has 2 amide bonds. The Morgan fingerprint density at radius 3 is 2.50 bits per heavy atom. The summed E-state index contributed by atoms with van der Waals surface area (Å²) in [5, 5.41) is 13.0. The smallest absolute Gasteiger partial charge is 0.280 e. The number of anilines is 3. The zero-order valence-corrected chi connectivity index (χ0v) is 17.8. The molecule has 0 bridgehead atoms. The molecule has 1 aromatic heterocycles. The number of aromatic nitrogens is 3. The summed E-state index contributed by atoms with van der Waals surface area (Å²) >= 11 is 3.32. The summed E-state index contributed by atoms with van der Waals surface area (Å²) < 4.78 is 12.4. The van der Waals surface area contributed by atoms with Gasteiger partial charge in [0.15, 0.2) is 11.5 Å². The van der Waals surface area contributed by atoms with Crippen LogP contribution in [0.3, 0.4) is 0 Å². The van der Waals surface area contributed by atoms with Crippen LogP contribution in [0.1, 0.15) is 10.5 Å². The molecule has 156 valence electrons. The monoisotopic (exact) mass is 474 g/mol. The molecule has 0 radical (unpaired) electrons. The molecule has 0 spiro atoms. The molecule has 0 aliphatic heterocycles. The van der Waals surface area contributed by atoms with E-state index < -0.39 is 11.8 Å². The number of rotatable bonds is 7. The van der Waals surface area contributed by atoms with Gasteiger partial charge in [-0.2, -0.15) is 0 Å². The molecule has 2 aromatic carbocycles. The summed E-state index contributed by atoms with van der Waals surface area (Å²) in [5.41, 5.74) is 6.91. The number of nitrogens with one attached hydrogen (secondary N) is 2. The van der Waals surface area contributed by atoms with E-state index in [1.54, 1.807) is 42.5 Å². The molecule has 0 fully saturated rings. The van der Waals surface area contributed by atoms with E-state index in [4.69, 9.17) is 15.2 Å². The minimum Gasteiger partial charge on any atom is -0.497 e. The van der Waals surface area contributed by atoms with E-state index in [0.717, 1.165) is 9.15 Å². The number of nitrogen functional groups attached to an aromatic ring is 1. The number of hydrogen-bond acceptors (Lipinski definition) is 7. The van der Waals surface area contributed by atoms with Gasteiger partial charge in [0.05, 0.1) is 19.9 Å². The third-order valence-electron chi connectivity index (χ3n) is 4.07. The third-order valence-corrected chi connectivity index (χ3v) is 4.60. The average molecular weight is 475 g/mol. The number of hydrogen-bond donors (Lipinski definition) is 3. The van der Waals surface area contributed by atoms with Crippen molar-refractivity contribution in [2.24, 2.45) is 0 Å². The lowest BCUT2D eigenvalue weighted by atomic mass is 10.2. The van der Waals surface area contributed by atoms with Crippen LogP contribution in [0.15, 0.2) is 46.9 Å². The molecule has 0 aliphatic rings. The van der Waals surface area contributed by atoms with Crippen LogP contribution >= 0.6 is 15.9 Å². The van der Waals surface area contributed by atoms with Crippen molar-refractivity contribution in [2.45, 2.75) is 6.54 Å². The maximum absolute atomic E-state index is 12.4. The number of nitrogens with two attached hydrogens (primary N) is 1. The first-order chi connectivity index (χ1) is 14.4. The minimum absolute atomic E-state index is 0.0264. The Kier molecular flexibility index (Phi) is 6.52. The number of nitrogens with zero attached hydrogens (tertiary/aromatic N) is 3. The number of carbonyl (C=O) groups is 2. The highest BCUT2D eigenvalue weighted by atomic mass is 79.9. The van der Waals surface area contributed by atoms with Crippen LogP contribution < -0.4 is 25.8 Å². The molecular formula is C19H19BrN6O4. The molecule has 30 heavy (non-hydrogen) atoms. The molecule has 0 aliphatic carbocycles. The summed E-state index contributed by atoms with van der Waals surface area (Å²) in [6.45, 7) is -0.237. The van der Waals surface area contributed by atoms with Crippen molar-refractivity contribution in [3.05, 3.63) is 52.6 Å². The van der Waals surface area contributed by atoms with E-state index in [1.807, 2.05) is 0 Å². The maximum Gasteiger partial charge on any atom is 0.280 e. The molecule has 0 saturated heterocycles. The fourth-order valence-electron chi connectivity index (χ4n) is 2.55. The van der Waals surface area contributed by atoms with Gasteiger partial charge >= 0.3 is 0 Å². The number of halogens is 1. The Hall–Kier alpha value is -3.60. The molecular weight excluding hydrogens is 456 g/mol. The van der Waals surface area contributed by atoms with Crippen molar-refractivity contribution in [1.29, 1.82) is 0 Å². The van der Waals surface area contributed by atoms with Crippen LogP contribution in [0.2, 0.25) is 0 Å². The van der Waals surface area contributed by atoms with Crippen molar-refractivity contribution in [3.63, 3.8) is 0 Å². The Labute approximate surface area is 180 Å². The largest absolute Gasteiger partial charge is 0.497 e. The van der Waals surface area contributed by atoms with E-state index >= 15 is 0 Å². The number of ether oxygens (including phenoxy) is 2. The quantitative estimate of drug-likeness (QED) is 0.478. The van der Waals surface area contributed by atoms with Gasteiger partial charge in [-0.15, -0.1) is 5.10 Å².